The molecule has 8 rings (SSSR count). The van der Waals surface area contributed by atoms with E-state index in [1.165, 1.54) is 30.7 Å². The Balaban J connectivity index is 0.000000102. The molecule has 3 aromatic heterocycles. The summed E-state index contributed by atoms with van der Waals surface area (Å²) in [7, 11) is 0. The number of fused-ring (bicyclic) bond motifs is 5. The zero-order chi connectivity index (χ0) is 25.1. The lowest BCUT2D eigenvalue weighted by Gasteiger charge is -2.17. The lowest BCUT2D eigenvalue weighted by Crippen LogP contribution is -2.23. The number of piperidine rings is 1. The van der Waals surface area contributed by atoms with Crippen LogP contribution in [0.4, 0.5) is 23.1 Å². The molecule has 5 aliphatic rings. The summed E-state index contributed by atoms with van der Waals surface area (Å²) in [6.07, 6.45) is 9.78. The number of pyridine rings is 3. The molecule has 0 radical (unpaired) electrons. The highest BCUT2D eigenvalue weighted by Gasteiger charge is 2.30. The van der Waals surface area contributed by atoms with Crippen LogP contribution in [0.15, 0.2) is 59.9 Å². The molecule has 10 heteroatoms. The third kappa shape index (κ3) is 7.39. The van der Waals surface area contributed by atoms with E-state index < -0.39 is 0 Å². The molecule has 3 aromatic rings. The highest BCUT2D eigenvalue weighted by atomic mass is 32.2. The fourth-order valence-corrected chi connectivity index (χ4v) is 5.65. The molecule has 37 heavy (non-hydrogen) atoms. The Morgan fingerprint density at radius 1 is 0.757 bits per heavy atom. The Hall–Kier alpha value is -3.24. The van der Waals surface area contributed by atoms with E-state index in [2.05, 4.69) is 47.6 Å². The molecule has 1 aliphatic carbocycles. The summed E-state index contributed by atoms with van der Waals surface area (Å²) in [5.41, 5.74) is 1.11. The Morgan fingerprint density at radius 2 is 1.51 bits per heavy atom. The smallest absolute Gasteiger partial charge is 0.168 e. The van der Waals surface area contributed by atoms with Gasteiger partial charge < -0.3 is 31.3 Å². The third-order valence-corrected chi connectivity index (χ3v) is 7.67. The van der Waals surface area contributed by atoms with Gasteiger partial charge in [-0.3, -0.25) is 0 Å². The zero-order valence-electron chi connectivity index (χ0n) is 21.1. The van der Waals surface area contributed by atoms with Crippen LogP contribution in [-0.2, 0) is 0 Å². The molecule has 2 fully saturated rings. The summed E-state index contributed by atoms with van der Waals surface area (Å²) in [4.78, 5) is 13.7. The number of thioether (sulfide) groups is 1. The maximum absolute atomic E-state index is 5.30. The highest BCUT2D eigenvalue weighted by molar-refractivity contribution is 7.99. The number of aromatic nitrogens is 3. The fraction of sp³-hybridized carbons (Fsp3) is 0.444. The average molecular weight is 521 g/mol. The first-order valence-electron chi connectivity index (χ1n) is 13.1. The standard InChI is InChI=1S/C7H9N3.C7H8N2O.C7H8N2S.C6H11N/c1-2-6-7(9-3-1)10-5-4-8-6;2*1-2-6-7(8-3-1)9-4-5-10-6;1-2-6-3-5(1)4-7-6/h1-3,8H,4-5H2,(H,9,10);2*1-3H,4-5H2,(H,8,9);5-7H,1-4H2. The molecule has 4 aliphatic heterocycles. The maximum Gasteiger partial charge on any atom is 0.168 e. The quantitative estimate of drug-likeness (QED) is 0.296. The van der Waals surface area contributed by atoms with Crippen molar-refractivity contribution >= 4 is 34.9 Å². The van der Waals surface area contributed by atoms with Gasteiger partial charge in [0, 0.05) is 54.9 Å². The average Bonchev–Trinajstić information content (AvgIpc) is 3.65. The monoisotopic (exact) mass is 520 g/mol. The topological polar surface area (TPSA) is 108 Å². The molecule has 2 unspecified atom stereocenters. The van der Waals surface area contributed by atoms with Gasteiger partial charge in [-0.05, 0) is 68.1 Å². The minimum Gasteiger partial charge on any atom is -0.488 e. The fourth-order valence-electron chi connectivity index (χ4n) is 4.79. The lowest BCUT2D eigenvalue weighted by molar-refractivity contribution is 0.321. The van der Waals surface area contributed by atoms with E-state index in [0.29, 0.717) is 0 Å². The second kappa shape index (κ2) is 13.3. The van der Waals surface area contributed by atoms with Crippen molar-refractivity contribution in [3.63, 3.8) is 0 Å². The summed E-state index contributed by atoms with van der Waals surface area (Å²) in [5, 5.41) is 16.2. The van der Waals surface area contributed by atoms with Crippen molar-refractivity contribution < 1.29 is 4.74 Å². The van der Waals surface area contributed by atoms with Crippen LogP contribution in [-0.4, -0.2) is 66.1 Å². The van der Waals surface area contributed by atoms with E-state index >= 15 is 0 Å². The summed E-state index contributed by atoms with van der Waals surface area (Å²) >= 11 is 1.86. The summed E-state index contributed by atoms with van der Waals surface area (Å²) in [6, 6.07) is 12.7. The number of hydrogen-bond donors (Lipinski definition) is 5. The maximum atomic E-state index is 5.30. The molecule has 9 nitrogen and oxygen atoms in total. The number of hydrogen-bond acceptors (Lipinski definition) is 10. The summed E-state index contributed by atoms with van der Waals surface area (Å²) < 4.78 is 5.30. The van der Waals surface area contributed by atoms with E-state index in [0.717, 1.165) is 79.4 Å². The lowest BCUT2D eigenvalue weighted by atomic mass is 10.1. The summed E-state index contributed by atoms with van der Waals surface area (Å²) in [5.74, 6) is 5.93. The van der Waals surface area contributed by atoms with Crippen LogP contribution >= 0.6 is 11.8 Å². The molecule has 196 valence electrons. The van der Waals surface area contributed by atoms with Crippen LogP contribution < -0.4 is 31.3 Å². The van der Waals surface area contributed by atoms with Crippen molar-refractivity contribution in [1.29, 1.82) is 0 Å². The van der Waals surface area contributed by atoms with E-state index in [-0.39, 0.29) is 0 Å². The Kier molecular flexibility index (Phi) is 9.17. The minimum atomic E-state index is 0.735. The number of nitrogens with zero attached hydrogens (tertiary/aromatic N) is 3. The van der Waals surface area contributed by atoms with E-state index in [1.807, 2.05) is 48.3 Å². The Morgan fingerprint density at radius 3 is 2.22 bits per heavy atom. The summed E-state index contributed by atoms with van der Waals surface area (Å²) in [6.45, 7) is 5.88. The SMILES string of the molecule is C1CC2CC1CN2.c1cnc2c(c1)NCCN2.c1cnc2c(c1)OCCN2.c1cnc2c(c1)SCCN2. The first kappa shape index (κ1) is 25.4. The van der Waals surface area contributed by atoms with Gasteiger partial charge in [0.05, 0.1) is 12.2 Å². The van der Waals surface area contributed by atoms with Crippen LogP contribution in [0.5, 0.6) is 5.75 Å². The van der Waals surface area contributed by atoms with Gasteiger partial charge in [-0.1, -0.05) is 0 Å². The van der Waals surface area contributed by atoms with Crippen molar-refractivity contribution in [1.82, 2.24) is 20.3 Å². The van der Waals surface area contributed by atoms with Gasteiger partial charge in [-0.15, -0.1) is 11.8 Å². The molecule has 0 spiro atoms. The van der Waals surface area contributed by atoms with Crippen LogP contribution in [0.3, 0.4) is 0 Å². The third-order valence-electron chi connectivity index (χ3n) is 6.62. The number of anilines is 4. The largest absolute Gasteiger partial charge is 0.488 e. The minimum absolute atomic E-state index is 0.735. The normalized spacial score (nSPS) is 21.3. The van der Waals surface area contributed by atoms with Gasteiger partial charge >= 0.3 is 0 Å². The van der Waals surface area contributed by atoms with E-state index in [9.17, 15) is 0 Å². The van der Waals surface area contributed by atoms with Crippen LogP contribution in [0.2, 0.25) is 0 Å². The Bertz CT molecular complexity index is 917. The second-order valence-electron chi connectivity index (χ2n) is 9.29. The van der Waals surface area contributed by atoms with Crippen LogP contribution in [0, 0.1) is 5.92 Å². The van der Waals surface area contributed by atoms with Crippen molar-refractivity contribution in [3.05, 3.63) is 55.0 Å². The molecular formula is C27H36N8OS. The molecule has 0 aromatic carbocycles. The number of nitrogens with one attached hydrogen (secondary N) is 5. The molecule has 2 bridgehead atoms. The van der Waals surface area contributed by atoms with Gasteiger partial charge in [0.2, 0.25) is 0 Å². The highest BCUT2D eigenvalue weighted by Crippen LogP contribution is 2.30. The van der Waals surface area contributed by atoms with Gasteiger partial charge in [0.1, 0.15) is 18.2 Å². The van der Waals surface area contributed by atoms with Crippen molar-refractivity contribution in [3.8, 4) is 5.75 Å². The predicted molar refractivity (Wildman–Crippen MR) is 152 cm³/mol. The van der Waals surface area contributed by atoms with Crippen molar-refractivity contribution in [2.75, 3.05) is 66.4 Å². The zero-order valence-corrected chi connectivity index (χ0v) is 21.9. The molecule has 1 saturated heterocycles. The number of rotatable bonds is 0. The van der Waals surface area contributed by atoms with Gasteiger partial charge in [-0.25, -0.2) is 15.0 Å². The van der Waals surface area contributed by atoms with Crippen molar-refractivity contribution in [2.24, 2.45) is 5.92 Å². The van der Waals surface area contributed by atoms with Gasteiger partial charge in [0.25, 0.3) is 0 Å². The van der Waals surface area contributed by atoms with Crippen LogP contribution in [0.1, 0.15) is 19.3 Å². The molecule has 0 amide bonds. The van der Waals surface area contributed by atoms with Crippen molar-refractivity contribution in [2.45, 2.75) is 30.2 Å². The van der Waals surface area contributed by atoms with Gasteiger partial charge in [-0.2, -0.15) is 0 Å². The first-order chi connectivity index (χ1) is 18.3. The molecule has 7 heterocycles. The second-order valence-corrected chi connectivity index (χ2v) is 10.4. The molecular weight excluding hydrogens is 484 g/mol. The first-order valence-corrected chi connectivity index (χ1v) is 14.1. The number of ether oxygens (including phenoxy) is 1. The van der Waals surface area contributed by atoms with Gasteiger partial charge in [0.15, 0.2) is 11.6 Å². The van der Waals surface area contributed by atoms with E-state index in [1.54, 1.807) is 12.4 Å². The molecule has 1 saturated carbocycles. The molecule has 5 N–H and O–H groups in total. The van der Waals surface area contributed by atoms with E-state index in [4.69, 9.17) is 4.74 Å². The Labute approximate surface area is 223 Å². The molecule has 2 atom stereocenters. The predicted octanol–water partition coefficient (Wildman–Crippen LogP) is 4.16. The van der Waals surface area contributed by atoms with Crippen LogP contribution in [0.25, 0.3) is 0 Å².